The molecule has 10 nitrogen and oxygen atoms in total. The molecule has 0 unspecified atom stereocenters. The van der Waals surface area contributed by atoms with Gasteiger partial charge in [0.2, 0.25) is 16.8 Å². The number of unbranched alkanes of at least 4 members (excludes halogenated alkanes) is 2. The van der Waals surface area contributed by atoms with Crippen LogP contribution in [0.3, 0.4) is 0 Å². The van der Waals surface area contributed by atoms with Crippen molar-refractivity contribution in [2.45, 2.75) is 89.4 Å². The predicted octanol–water partition coefficient (Wildman–Crippen LogP) is 5.01. The molecule has 0 saturated heterocycles. The van der Waals surface area contributed by atoms with E-state index in [0.29, 0.717) is 24.3 Å². The van der Waals surface area contributed by atoms with E-state index in [1.165, 1.54) is 16.4 Å². The number of nitrogens with zero attached hydrogens (tertiary/aromatic N) is 2. The number of carbonyl (C=O) groups is 1. The van der Waals surface area contributed by atoms with E-state index in [1.807, 2.05) is 44.2 Å². The Morgan fingerprint density at radius 1 is 1.10 bits per heavy atom. The average Bonchev–Trinajstić information content (AvgIpc) is 3.38. The van der Waals surface area contributed by atoms with E-state index in [1.54, 1.807) is 26.8 Å². The standard InChI is InChI=1S/C31H43N3O7S/c1-30(2,3)41-29(36)33-25(18-23-12-8-6-9-13-23)26(35)20-34(21-31(4,5)16-10-7-11-17-32)42(37,38)24-14-15-27-28(19-24)40-22-39-27/h6,8-9,12-15,19,25-26,35H,7,10-11,16,18,20-22H2,1-5H3,(H,33,36)/t25-,26-/m0/s1. The third kappa shape index (κ3) is 9.89. The van der Waals surface area contributed by atoms with Gasteiger partial charge in [0.1, 0.15) is 5.60 Å². The number of hydrogen-bond acceptors (Lipinski definition) is 8. The topological polar surface area (TPSA) is 138 Å². The lowest BCUT2D eigenvalue weighted by atomic mass is 9.86. The van der Waals surface area contributed by atoms with Crippen molar-refractivity contribution in [3.63, 3.8) is 0 Å². The van der Waals surface area contributed by atoms with Crippen molar-refractivity contribution in [3.05, 3.63) is 54.1 Å². The van der Waals surface area contributed by atoms with Crippen LogP contribution in [0.2, 0.25) is 0 Å². The average molecular weight is 602 g/mol. The molecule has 0 aromatic heterocycles. The molecule has 0 aliphatic carbocycles. The quantitative estimate of drug-likeness (QED) is 0.288. The fourth-order valence-electron chi connectivity index (χ4n) is 4.74. The normalized spacial score (nSPS) is 14.7. The summed E-state index contributed by atoms with van der Waals surface area (Å²) < 4.78 is 45.6. The Morgan fingerprint density at radius 3 is 2.45 bits per heavy atom. The number of nitrogens with one attached hydrogen (secondary N) is 1. The van der Waals surface area contributed by atoms with Crippen LogP contribution < -0.4 is 14.8 Å². The molecule has 1 aliphatic heterocycles. The minimum Gasteiger partial charge on any atom is -0.454 e. The molecule has 230 valence electrons. The van der Waals surface area contributed by atoms with Gasteiger partial charge in [-0.05, 0) is 63.1 Å². The van der Waals surface area contributed by atoms with Crippen molar-refractivity contribution in [1.82, 2.24) is 9.62 Å². The maximum Gasteiger partial charge on any atom is 0.407 e. The molecule has 11 heteroatoms. The van der Waals surface area contributed by atoms with E-state index in [9.17, 15) is 18.3 Å². The van der Waals surface area contributed by atoms with E-state index in [-0.39, 0.29) is 31.2 Å². The summed E-state index contributed by atoms with van der Waals surface area (Å²) in [5.74, 6) is 0.795. The number of hydrogen-bond donors (Lipinski definition) is 2. The van der Waals surface area contributed by atoms with E-state index in [0.717, 1.165) is 18.4 Å². The molecule has 0 fully saturated rings. The number of ether oxygens (including phenoxy) is 3. The van der Waals surface area contributed by atoms with Gasteiger partial charge in [-0.2, -0.15) is 9.57 Å². The number of benzene rings is 2. The van der Waals surface area contributed by atoms with Gasteiger partial charge in [0.05, 0.1) is 23.1 Å². The zero-order chi connectivity index (χ0) is 31.0. The lowest BCUT2D eigenvalue weighted by Gasteiger charge is -2.35. The first-order valence-corrected chi connectivity index (χ1v) is 15.6. The minimum atomic E-state index is -4.11. The number of nitriles is 1. The highest BCUT2D eigenvalue weighted by atomic mass is 32.2. The summed E-state index contributed by atoms with van der Waals surface area (Å²) in [7, 11) is -4.11. The van der Waals surface area contributed by atoms with Crippen LogP contribution in [-0.4, -0.2) is 61.6 Å². The number of carbonyl (C=O) groups excluding carboxylic acids is 1. The number of aliphatic hydroxyl groups is 1. The summed E-state index contributed by atoms with van der Waals surface area (Å²) in [4.78, 5) is 12.8. The van der Waals surface area contributed by atoms with Crippen LogP contribution in [0.5, 0.6) is 11.5 Å². The molecule has 0 bridgehead atoms. The van der Waals surface area contributed by atoms with Crippen LogP contribution in [0.4, 0.5) is 4.79 Å². The summed E-state index contributed by atoms with van der Waals surface area (Å²) in [5, 5.41) is 23.2. The van der Waals surface area contributed by atoms with Gasteiger partial charge < -0.3 is 24.6 Å². The second kappa shape index (κ2) is 14.2. The lowest BCUT2D eigenvalue weighted by Crippen LogP contribution is -2.52. The van der Waals surface area contributed by atoms with Gasteiger partial charge in [-0.25, -0.2) is 13.2 Å². The third-order valence-electron chi connectivity index (χ3n) is 6.83. The van der Waals surface area contributed by atoms with Gasteiger partial charge >= 0.3 is 6.09 Å². The Kier molecular flexibility index (Phi) is 11.2. The molecule has 2 aromatic carbocycles. The van der Waals surface area contributed by atoms with Crippen molar-refractivity contribution in [1.29, 1.82) is 5.26 Å². The molecule has 2 aromatic rings. The van der Waals surface area contributed by atoms with E-state index in [4.69, 9.17) is 19.5 Å². The molecule has 0 radical (unpaired) electrons. The second-order valence-corrected chi connectivity index (χ2v) is 14.3. The molecular formula is C31H43N3O7S. The lowest BCUT2D eigenvalue weighted by molar-refractivity contribution is 0.0391. The summed E-state index contributed by atoms with van der Waals surface area (Å²) in [6, 6.07) is 15.1. The molecular weight excluding hydrogens is 558 g/mol. The fourth-order valence-corrected chi connectivity index (χ4v) is 6.41. The van der Waals surface area contributed by atoms with E-state index < -0.39 is 39.3 Å². The van der Waals surface area contributed by atoms with Crippen LogP contribution in [0.25, 0.3) is 0 Å². The number of rotatable bonds is 14. The van der Waals surface area contributed by atoms with E-state index in [2.05, 4.69) is 11.4 Å². The molecule has 1 amide bonds. The number of sulfonamides is 1. The second-order valence-electron chi connectivity index (χ2n) is 12.4. The molecule has 3 rings (SSSR count). The van der Waals surface area contributed by atoms with Gasteiger partial charge in [-0.15, -0.1) is 0 Å². The first-order valence-electron chi connectivity index (χ1n) is 14.2. The summed E-state index contributed by atoms with van der Waals surface area (Å²) in [5.41, 5.74) is -0.358. The van der Waals surface area contributed by atoms with Crippen LogP contribution in [0.15, 0.2) is 53.4 Å². The molecule has 0 spiro atoms. The minimum absolute atomic E-state index is 0.00842. The summed E-state index contributed by atoms with van der Waals surface area (Å²) in [6.07, 6.45) is 0.888. The number of amides is 1. The maximum atomic E-state index is 14.1. The SMILES string of the molecule is CC(C)(CCCCC#N)CN(C[C@H](O)[C@H](Cc1ccccc1)NC(=O)OC(C)(C)C)S(=O)(=O)c1ccc2c(c1)OCO2. The smallest absolute Gasteiger partial charge is 0.407 e. The Morgan fingerprint density at radius 2 is 1.79 bits per heavy atom. The van der Waals surface area contributed by atoms with Gasteiger partial charge in [0.25, 0.3) is 0 Å². The Bertz CT molecular complexity index is 1330. The third-order valence-corrected chi connectivity index (χ3v) is 8.64. The highest BCUT2D eigenvalue weighted by Crippen LogP contribution is 2.36. The molecule has 42 heavy (non-hydrogen) atoms. The predicted molar refractivity (Wildman–Crippen MR) is 158 cm³/mol. The van der Waals surface area contributed by atoms with Crippen LogP contribution >= 0.6 is 0 Å². The Balaban J connectivity index is 1.91. The Hall–Kier alpha value is -3.33. The van der Waals surface area contributed by atoms with Gasteiger partial charge in [-0.3, -0.25) is 0 Å². The van der Waals surface area contributed by atoms with Crippen molar-refractivity contribution in [3.8, 4) is 17.6 Å². The highest BCUT2D eigenvalue weighted by molar-refractivity contribution is 7.89. The first kappa shape index (κ1) is 33.2. The van der Waals surface area contributed by atoms with Gasteiger partial charge in [0, 0.05) is 25.6 Å². The molecule has 1 heterocycles. The molecule has 2 N–H and O–H groups in total. The first-order chi connectivity index (χ1) is 19.7. The summed E-state index contributed by atoms with van der Waals surface area (Å²) >= 11 is 0. The highest BCUT2D eigenvalue weighted by Gasteiger charge is 2.36. The molecule has 1 aliphatic rings. The van der Waals surface area contributed by atoms with Crippen LogP contribution in [0.1, 0.15) is 65.9 Å². The number of fused-ring (bicyclic) bond motifs is 1. The van der Waals surface area contributed by atoms with Crippen molar-refractivity contribution in [2.24, 2.45) is 5.41 Å². The van der Waals surface area contributed by atoms with Gasteiger partial charge in [-0.1, -0.05) is 50.6 Å². The molecule has 2 atom stereocenters. The van der Waals surface area contributed by atoms with Crippen LogP contribution in [0, 0.1) is 16.7 Å². The largest absolute Gasteiger partial charge is 0.454 e. The molecule has 0 saturated carbocycles. The van der Waals surface area contributed by atoms with E-state index >= 15 is 0 Å². The zero-order valence-corrected chi connectivity index (χ0v) is 25.9. The fraction of sp³-hybridized carbons (Fsp3) is 0.548. The number of aliphatic hydroxyl groups excluding tert-OH is 1. The zero-order valence-electron chi connectivity index (χ0n) is 25.1. The number of alkyl carbamates (subject to hydrolysis) is 1. The Labute approximate surface area is 249 Å². The van der Waals surface area contributed by atoms with Crippen LogP contribution in [-0.2, 0) is 21.2 Å². The summed E-state index contributed by atoms with van der Waals surface area (Å²) in [6.45, 7) is 9.01. The van der Waals surface area contributed by atoms with Crippen molar-refractivity contribution >= 4 is 16.1 Å². The van der Waals surface area contributed by atoms with Crippen molar-refractivity contribution < 1.29 is 32.5 Å². The maximum absolute atomic E-state index is 14.1. The van der Waals surface area contributed by atoms with Crippen molar-refractivity contribution in [2.75, 3.05) is 19.9 Å². The van der Waals surface area contributed by atoms with Gasteiger partial charge in [0.15, 0.2) is 11.5 Å². The monoisotopic (exact) mass is 601 g/mol.